The van der Waals surface area contributed by atoms with Gasteiger partial charge in [-0.3, -0.25) is 0 Å². The molecule has 0 atom stereocenters. The van der Waals surface area contributed by atoms with Crippen LogP contribution >= 0.6 is 0 Å². The van der Waals surface area contributed by atoms with Crippen LogP contribution in [0.4, 0.5) is 0 Å². The van der Waals surface area contributed by atoms with Crippen molar-refractivity contribution in [3.8, 4) is 0 Å². The van der Waals surface area contributed by atoms with E-state index in [2.05, 4.69) is 0 Å². The molecule has 2 rings (SSSR count). The lowest BCUT2D eigenvalue weighted by Gasteiger charge is -2.33. The summed E-state index contributed by atoms with van der Waals surface area (Å²) in [6.07, 6.45) is 14.6. The van der Waals surface area contributed by atoms with Crippen LogP contribution in [0.25, 0.3) is 0 Å². The number of hydrogen-bond acceptors (Lipinski definition) is 2. The van der Waals surface area contributed by atoms with Crippen LogP contribution in [0, 0.1) is 17.8 Å². The lowest BCUT2D eigenvalue weighted by molar-refractivity contribution is -0.136. The van der Waals surface area contributed by atoms with Gasteiger partial charge in [0.25, 0.3) is 0 Å². The SMILES string of the molecule is O=C(O)/C=C(\C(=O)O)C(C1CCCCCC1)C1CCCCCC1. The molecule has 0 unspecified atom stereocenters. The number of carboxylic acids is 2. The summed E-state index contributed by atoms with van der Waals surface area (Å²) in [5.41, 5.74) is 0.149. The second-order valence-electron chi connectivity index (χ2n) is 7.27. The number of carboxylic acid groups (broad SMARTS) is 2. The average Bonchev–Trinajstić information content (AvgIpc) is 2.91. The van der Waals surface area contributed by atoms with Crippen LogP contribution in [0.5, 0.6) is 0 Å². The highest BCUT2D eigenvalue weighted by Gasteiger charge is 2.36. The Morgan fingerprint density at radius 1 is 0.739 bits per heavy atom. The first-order chi connectivity index (χ1) is 11.1. The fourth-order valence-corrected chi connectivity index (χ4v) is 4.67. The third-order valence-electron chi connectivity index (χ3n) is 5.70. The number of aliphatic carboxylic acids is 2. The predicted octanol–water partition coefficient (Wildman–Crippen LogP) is 4.64. The highest BCUT2D eigenvalue weighted by atomic mass is 16.4. The number of carbonyl (C=O) groups is 2. The highest BCUT2D eigenvalue weighted by Crippen LogP contribution is 2.42. The topological polar surface area (TPSA) is 74.6 Å². The highest BCUT2D eigenvalue weighted by molar-refractivity contribution is 5.95. The van der Waals surface area contributed by atoms with Crippen LogP contribution in [-0.2, 0) is 9.59 Å². The van der Waals surface area contributed by atoms with Gasteiger partial charge >= 0.3 is 11.9 Å². The van der Waals surface area contributed by atoms with E-state index in [1.165, 1.54) is 25.7 Å². The molecule has 0 spiro atoms. The van der Waals surface area contributed by atoms with Crippen molar-refractivity contribution in [2.75, 3.05) is 0 Å². The molecule has 0 aromatic heterocycles. The third-order valence-corrected chi connectivity index (χ3v) is 5.70. The molecule has 0 amide bonds. The quantitative estimate of drug-likeness (QED) is 0.571. The first-order valence-electron chi connectivity index (χ1n) is 9.27. The maximum absolute atomic E-state index is 11.8. The van der Waals surface area contributed by atoms with Crippen molar-refractivity contribution >= 4 is 11.9 Å². The Labute approximate surface area is 139 Å². The Hall–Kier alpha value is -1.32. The molecule has 2 aliphatic rings. The van der Waals surface area contributed by atoms with Gasteiger partial charge in [0.1, 0.15) is 0 Å². The van der Waals surface area contributed by atoms with E-state index in [0.717, 1.165) is 57.4 Å². The summed E-state index contributed by atoms with van der Waals surface area (Å²) in [6, 6.07) is 0. The first kappa shape index (κ1) is 18.0. The molecule has 0 aliphatic heterocycles. The summed E-state index contributed by atoms with van der Waals surface area (Å²) in [4.78, 5) is 23.0. The minimum absolute atomic E-state index is 0.0835. The molecule has 2 fully saturated rings. The van der Waals surface area contributed by atoms with E-state index in [9.17, 15) is 14.7 Å². The van der Waals surface area contributed by atoms with Crippen molar-refractivity contribution < 1.29 is 19.8 Å². The lowest BCUT2D eigenvalue weighted by atomic mass is 9.70. The van der Waals surface area contributed by atoms with Crippen LogP contribution in [0.2, 0.25) is 0 Å². The Morgan fingerprint density at radius 2 is 1.13 bits per heavy atom. The molecular formula is C19H30O4. The Bertz CT molecular complexity index is 405. The van der Waals surface area contributed by atoms with Crippen LogP contribution in [-0.4, -0.2) is 22.2 Å². The number of rotatable bonds is 5. The molecule has 0 radical (unpaired) electrons. The molecule has 0 heterocycles. The smallest absolute Gasteiger partial charge is 0.332 e. The van der Waals surface area contributed by atoms with Gasteiger partial charge in [0.15, 0.2) is 0 Å². The van der Waals surface area contributed by atoms with Gasteiger partial charge in [0.2, 0.25) is 0 Å². The van der Waals surface area contributed by atoms with Crippen LogP contribution < -0.4 is 0 Å². The fraction of sp³-hybridized carbons (Fsp3) is 0.789. The van der Waals surface area contributed by atoms with E-state index >= 15 is 0 Å². The van der Waals surface area contributed by atoms with Gasteiger partial charge in [-0.05, 0) is 43.4 Å². The van der Waals surface area contributed by atoms with Gasteiger partial charge < -0.3 is 10.2 Å². The van der Waals surface area contributed by atoms with Gasteiger partial charge in [0.05, 0.1) is 0 Å². The Morgan fingerprint density at radius 3 is 1.43 bits per heavy atom. The first-order valence-corrected chi connectivity index (χ1v) is 9.27. The molecule has 0 saturated heterocycles. The summed E-state index contributed by atoms with van der Waals surface area (Å²) < 4.78 is 0. The van der Waals surface area contributed by atoms with Gasteiger partial charge in [0, 0.05) is 11.6 Å². The largest absolute Gasteiger partial charge is 0.478 e. The minimum Gasteiger partial charge on any atom is -0.478 e. The second-order valence-corrected chi connectivity index (χ2v) is 7.27. The fourth-order valence-electron chi connectivity index (χ4n) is 4.67. The molecule has 0 aromatic rings. The zero-order valence-corrected chi connectivity index (χ0v) is 14.0. The van der Waals surface area contributed by atoms with Crippen LogP contribution in [0.15, 0.2) is 11.6 Å². The summed E-state index contributed by atoms with van der Waals surface area (Å²) in [5, 5.41) is 18.8. The molecule has 0 aromatic carbocycles. The molecule has 4 nitrogen and oxygen atoms in total. The van der Waals surface area contributed by atoms with E-state index in [1.54, 1.807) is 0 Å². The third kappa shape index (κ3) is 5.36. The molecule has 2 aliphatic carbocycles. The summed E-state index contributed by atoms with van der Waals surface area (Å²) in [7, 11) is 0. The normalized spacial score (nSPS) is 22.6. The Kier molecular flexibility index (Phi) is 7.13. The monoisotopic (exact) mass is 322 g/mol. The van der Waals surface area contributed by atoms with Gasteiger partial charge in [-0.15, -0.1) is 0 Å². The maximum Gasteiger partial charge on any atom is 0.332 e. The van der Waals surface area contributed by atoms with Crippen molar-refractivity contribution in [2.24, 2.45) is 17.8 Å². The van der Waals surface area contributed by atoms with Gasteiger partial charge in [-0.1, -0.05) is 51.4 Å². The molecular weight excluding hydrogens is 292 g/mol. The molecule has 2 saturated carbocycles. The summed E-state index contributed by atoms with van der Waals surface area (Å²) in [6.45, 7) is 0. The maximum atomic E-state index is 11.8. The van der Waals surface area contributed by atoms with E-state index in [0.29, 0.717) is 11.8 Å². The number of hydrogen-bond donors (Lipinski definition) is 2. The minimum atomic E-state index is -1.13. The van der Waals surface area contributed by atoms with E-state index in [4.69, 9.17) is 5.11 Å². The molecule has 23 heavy (non-hydrogen) atoms. The zero-order valence-electron chi connectivity index (χ0n) is 14.0. The predicted molar refractivity (Wildman–Crippen MR) is 89.2 cm³/mol. The van der Waals surface area contributed by atoms with E-state index in [1.807, 2.05) is 0 Å². The van der Waals surface area contributed by atoms with Crippen molar-refractivity contribution in [2.45, 2.75) is 77.0 Å². The molecule has 130 valence electrons. The lowest BCUT2D eigenvalue weighted by Crippen LogP contribution is -2.29. The van der Waals surface area contributed by atoms with E-state index < -0.39 is 11.9 Å². The summed E-state index contributed by atoms with van der Waals surface area (Å²) >= 11 is 0. The Balaban J connectivity index is 2.31. The van der Waals surface area contributed by atoms with Crippen molar-refractivity contribution in [1.29, 1.82) is 0 Å². The average molecular weight is 322 g/mol. The van der Waals surface area contributed by atoms with E-state index in [-0.39, 0.29) is 11.5 Å². The van der Waals surface area contributed by atoms with Crippen molar-refractivity contribution in [3.05, 3.63) is 11.6 Å². The standard InChI is InChI=1S/C19H30O4/c20-17(21)13-16(19(22)23)18(14-9-5-1-2-6-10-14)15-11-7-3-4-8-12-15/h13-15,18H,1-12H2,(H,20,21)(H,22,23)/b16-13-. The molecule has 2 N–H and O–H groups in total. The van der Waals surface area contributed by atoms with Crippen LogP contribution in [0.1, 0.15) is 77.0 Å². The van der Waals surface area contributed by atoms with Crippen LogP contribution in [0.3, 0.4) is 0 Å². The second kappa shape index (κ2) is 9.09. The molecule has 4 heteroatoms. The summed E-state index contributed by atoms with van der Waals surface area (Å²) in [5.74, 6) is -1.58. The zero-order chi connectivity index (χ0) is 16.7. The van der Waals surface area contributed by atoms with Gasteiger partial charge in [-0.2, -0.15) is 0 Å². The van der Waals surface area contributed by atoms with Crippen molar-refractivity contribution in [1.82, 2.24) is 0 Å². The molecule has 0 bridgehead atoms. The van der Waals surface area contributed by atoms with Crippen molar-refractivity contribution in [3.63, 3.8) is 0 Å². The van der Waals surface area contributed by atoms with Gasteiger partial charge in [-0.25, -0.2) is 9.59 Å².